The fourth-order valence-corrected chi connectivity index (χ4v) is 4.17. The number of benzene rings is 2. The van der Waals surface area contributed by atoms with Gasteiger partial charge >= 0.3 is 6.09 Å². The minimum Gasteiger partial charge on any atom is -0.497 e. The molecular formula is C30H43N3O5. The molecule has 2 unspecified atom stereocenters. The van der Waals surface area contributed by atoms with Crippen LogP contribution in [0.5, 0.6) is 5.75 Å². The van der Waals surface area contributed by atoms with Crippen molar-refractivity contribution in [1.82, 2.24) is 10.2 Å². The highest BCUT2D eigenvalue weighted by Gasteiger charge is 2.42. The molecule has 8 nitrogen and oxygen atoms in total. The molecule has 0 aromatic heterocycles. The Balaban J connectivity index is 2.56. The van der Waals surface area contributed by atoms with Gasteiger partial charge in [0.15, 0.2) is 0 Å². The van der Waals surface area contributed by atoms with Crippen molar-refractivity contribution in [2.45, 2.75) is 92.0 Å². The standard InChI is InChI=1S/C30H43N3O5/c1-11-30(8,9)33(27(35)21(4)31-28(36)38-29(5,6)7)25(22-17-19(2)16-20(3)18-22)26(34)32-23-12-14-24(37-10)15-13-23/h12-18,21,25H,11H2,1-10H3,(H,31,36)(H,32,34). The van der Waals surface area contributed by atoms with Crippen LogP contribution in [0, 0.1) is 13.8 Å². The zero-order valence-electron chi connectivity index (χ0n) is 24.4. The summed E-state index contributed by atoms with van der Waals surface area (Å²) in [6.07, 6.45) is -0.118. The Kier molecular flexibility index (Phi) is 9.95. The third kappa shape index (κ3) is 8.23. The van der Waals surface area contributed by atoms with Crippen LogP contribution in [0.3, 0.4) is 0 Å². The number of amides is 3. The molecule has 8 heteroatoms. The van der Waals surface area contributed by atoms with Crippen molar-refractivity contribution in [1.29, 1.82) is 0 Å². The van der Waals surface area contributed by atoms with Crippen LogP contribution in [-0.2, 0) is 14.3 Å². The number of ether oxygens (including phenoxy) is 2. The lowest BCUT2D eigenvalue weighted by atomic mass is 9.91. The topological polar surface area (TPSA) is 97.0 Å². The Hall–Kier alpha value is -3.55. The van der Waals surface area contributed by atoms with Gasteiger partial charge in [0.1, 0.15) is 23.4 Å². The highest BCUT2D eigenvalue weighted by Crippen LogP contribution is 2.34. The number of methoxy groups -OCH3 is 1. The number of carbonyl (C=O) groups excluding carboxylic acids is 3. The molecule has 2 N–H and O–H groups in total. The number of aryl methyl sites for hydroxylation is 2. The summed E-state index contributed by atoms with van der Waals surface area (Å²) in [5.41, 5.74) is 1.78. The molecule has 38 heavy (non-hydrogen) atoms. The second kappa shape index (κ2) is 12.3. The van der Waals surface area contributed by atoms with E-state index in [4.69, 9.17) is 9.47 Å². The van der Waals surface area contributed by atoms with Crippen molar-refractivity contribution in [3.8, 4) is 5.75 Å². The van der Waals surface area contributed by atoms with Crippen LogP contribution in [0.2, 0.25) is 0 Å². The number of anilines is 1. The molecule has 2 atom stereocenters. The van der Waals surface area contributed by atoms with E-state index in [1.807, 2.05) is 52.8 Å². The third-order valence-electron chi connectivity index (χ3n) is 6.28. The smallest absolute Gasteiger partial charge is 0.408 e. The second-order valence-corrected chi connectivity index (χ2v) is 11.3. The Labute approximate surface area is 227 Å². The Morgan fingerprint density at radius 1 is 0.947 bits per heavy atom. The number of hydrogen-bond acceptors (Lipinski definition) is 5. The van der Waals surface area contributed by atoms with Crippen molar-refractivity contribution >= 4 is 23.6 Å². The molecule has 0 saturated heterocycles. The number of carbonyl (C=O) groups is 3. The SMILES string of the molecule is CCC(C)(C)N(C(=O)C(C)NC(=O)OC(C)(C)C)C(C(=O)Nc1ccc(OC)cc1)c1cc(C)cc(C)c1. The quantitative estimate of drug-likeness (QED) is 0.423. The van der Waals surface area contributed by atoms with Crippen LogP contribution < -0.4 is 15.4 Å². The van der Waals surface area contributed by atoms with Crippen molar-refractivity contribution in [3.63, 3.8) is 0 Å². The van der Waals surface area contributed by atoms with E-state index in [-0.39, 0.29) is 5.91 Å². The van der Waals surface area contributed by atoms with Crippen LogP contribution in [-0.4, -0.2) is 47.1 Å². The number of alkyl carbamates (subject to hydrolysis) is 1. The number of nitrogens with zero attached hydrogens (tertiary/aromatic N) is 1. The van der Waals surface area contributed by atoms with Crippen molar-refractivity contribution in [2.24, 2.45) is 0 Å². The van der Waals surface area contributed by atoms with Gasteiger partial charge in [-0.2, -0.15) is 0 Å². The number of rotatable bonds is 9. The molecule has 0 aliphatic heterocycles. The molecular weight excluding hydrogens is 482 g/mol. The summed E-state index contributed by atoms with van der Waals surface area (Å²) in [5, 5.41) is 5.62. The third-order valence-corrected chi connectivity index (χ3v) is 6.28. The number of hydrogen-bond donors (Lipinski definition) is 2. The first kappa shape index (κ1) is 30.7. The van der Waals surface area contributed by atoms with Crippen molar-refractivity contribution in [3.05, 3.63) is 59.2 Å². The molecule has 0 heterocycles. The maximum absolute atomic E-state index is 14.0. The molecule has 208 valence electrons. The lowest BCUT2D eigenvalue weighted by molar-refractivity contribution is -0.147. The number of nitrogens with one attached hydrogen (secondary N) is 2. The summed E-state index contributed by atoms with van der Waals surface area (Å²) in [7, 11) is 1.58. The highest BCUT2D eigenvalue weighted by molar-refractivity contribution is 5.99. The predicted molar refractivity (Wildman–Crippen MR) is 150 cm³/mol. The minimum absolute atomic E-state index is 0.362. The summed E-state index contributed by atoms with van der Waals surface area (Å²) in [4.78, 5) is 42.1. The molecule has 2 aromatic carbocycles. The molecule has 0 fully saturated rings. The molecule has 0 aliphatic rings. The summed E-state index contributed by atoms with van der Waals surface area (Å²) in [6, 6.07) is 11.0. The van der Waals surface area contributed by atoms with Gasteiger partial charge in [-0.15, -0.1) is 0 Å². The van der Waals surface area contributed by atoms with E-state index in [1.54, 1.807) is 64.0 Å². The first-order chi connectivity index (χ1) is 17.6. The average molecular weight is 526 g/mol. The van der Waals surface area contributed by atoms with E-state index in [2.05, 4.69) is 10.6 Å². The molecule has 0 spiro atoms. The van der Waals surface area contributed by atoms with Gasteiger partial charge < -0.3 is 25.0 Å². The van der Waals surface area contributed by atoms with Gasteiger partial charge in [0.05, 0.1) is 7.11 Å². The normalized spacial score (nSPS) is 13.2. The van der Waals surface area contributed by atoms with Crippen molar-refractivity contribution < 1.29 is 23.9 Å². The van der Waals surface area contributed by atoms with Gasteiger partial charge in [-0.1, -0.05) is 36.2 Å². The van der Waals surface area contributed by atoms with Gasteiger partial charge in [0, 0.05) is 11.2 Å². The average Bonchev–Trinajstić information content (AvgIpc) is 2.80. The van der Waals surface area contributed by atoms with E-state index in [9.17, 15) is 14.4 Å². The summed E-state index contributed by atoms with van der Waals surface area (Å²) < 4.78 is 10.6. The lowest BCUT2D eigenvalue weighted by Gasteiger charge is -2.44. The van der Waals surface area contributed by atoms with Crippen LogP contribution >= 0.6 is 0 Å². The van der Waals surface area contributed by atoms with E-state index >= 15 is 0 Å². The second-order valence-electron chi connectivity index (χ2n) is 11.3. The molecule has 2 aromatic rings. The van der Waals surface area contributed by atoms with E-state index < -0.39 is 35.2 Å². The van der Waals surface area contributed by atoms with Gasteiger partial charge in [-0.3, -0.25) is 9.59 Å². The first-order valence-corrected chi connectivity index (χ1v) is 12.9. The van der Waals surface area contributed by atoms with Crippen LogP contribution in [0.1, 0.15) is 77.6 Å². The molecule has 0 radical (unpaired) electrons. The van der Waals surface area contributed by atoms with Crippen LogP contribution in [0.4, 0.5) is 10.5 Å². The summed E-state index contributed by atoms with van der Waals surface area (Å²) >= 11 is 0. The van der Waals surface area contributed by atoms with E-state index in [0.717, 1.165) is 11.1 Å². The maximum atomic E-state index is 14.0. The van der Waals surface area contributed by atoms with Gasteiger partial charge in [-0.05, 0) is 91.6 Å². The Morgan fingerprint density at radius 2 is 1.50 bits per heavy atom. The predicted octanol–water partition coefficient (Wildman–Crippen LogP) is 5.92. The van der Waals surface area contributed by atoms with Gasteiger partial charge in [-0.25, -0.2) is 4.79 Å². The highest BCUT2D eigenvalue weighted by atomic mass is 16.6. The Bertz CT molecular complexity index is 1120. The van der Waals surface area contributed by atoms with Gasteiger partial charge in [0.2, 0.25) is 5.91 Å². The minimum atomic E-state index is -0.957. The lowest BCUT2D eigenvalue weighted by Crippen LogP contribution is -2.58. The monoisotopic (exact) mass is 525 g/mol. The largest absolute Gasteiger partial charge is 0.497 e. The summed E-state index contributed by atoms with van der Waals surface area (Å²) in [6.45, 7) is 16.6. The zero-order valence-corrected chi connectivity index (χ0v) is 24.4. The summed E-state index contributed by atoms with van der Waals surface area (Å²) in [5.74, 6) is -0.0870. The maximum Gasteiger partial charge on any atom is 0.408 e. The fraction of sp³-hybridized carbons (Fsp3) is 0.500. The van der Waals surface area contributed by atoms with E-state index in [0.29, 0.717) is 23.4 Å². The molecule has 0 bridgehead atoms. The molecule has 0 aliphatic carbocycles. The Morgan fingerprint density at radius 3 is 1.97 bits per heavy atom. The van der Waals surface area contributed by atoms with E-state index in [1.165, 1.54) is 0 Å². The molecule has 0 saturated carbocycles. The van der Waals surface area contributed by atoms with Crippen LogP contribution in [0.25, 0.3) is 0 Å². The first-order valence-electron chi connectivity index (χ1n) is 12.9. The molecule has 3 amide bonds. The zero-order chi connectivity index (χ0) is 28.8. The fourth-order valence-electron chi connectivity index (χ4n) is 4.17. The van der Waals surface area contributed by atoms with Crippen LogP contribution in [0.15, 0.2) is 42.5 Å². The van der Waals surface area contributed by atoms with Crippen molar-refractivity contribution in [2.75, 3.05) is 12.4 Å². The van der Waals surface area contributed by atoms with Gasteiger partial charge in [0.25, 0.3) is 5.91 Å². The molecule has 2 rings (SSSR count).